The van der Waals surface area contributed by atoms with E-state index in [1.807, 2.05) is 6.07 Å². The van der Waals surface area contributed by atoms with Crippen molar-refractivity contribution in [3.8, 4) is 5.75 Å². The lowest BCUT2D eigenvalue weighted by atomic mass is 10.2. The first-order chi connectivity index (χ1) is 10.9. The van der Waals surface area contributed by atoms with Gasteiger partial charge in [-0.3, -0.25) is 9.10 Å². The van der Waals surface area contributed by atoms with Crippen molar-refractivity contribution in [2.45, 2.75) is 6.10 Å². The van der Waals surface area contributed by atoms with Crippen LogP contribution < -0.4 is 14.4 Å². The highest BCUT2D eigenvalue weighted by Gasteiger charge is 2.34. The molecule has 7 heteroatoms. The Hall–Kier alpha value is -2.54. The molecule has 6 nitrogen and oxygen atoms in total. The summed E-state index contributed by atoms with van der Waals surface area (Å²) in [6.07, 6.45) is 0.196. The van der Waals surface area contributed by atoms with Gasteiger partial charge in [-0.2, -0.15) is 0 Å². The van der Waals surface area contributed by atoms with Crippen LogP contribution in [-0.2, 0) is 14.8 Å². The highest BCUT2D eigenvalue weighted by atomic mass is 32.2. The van der Waals surface area contributed by atoms with Gasteiger partial charge in [0.15, 0.2) is 6.10 Å². The number of rotatable bonds is 3. The minimum absolute atomic E-state index is 0.0610. The lowest BCUT2D eigenvalue weighted by Crippen LogP contribution is -2.48. The van der Waals surface area contributed by atoms with Crippen molar-refractivity contribution in [3.05, 3.63) is 54.6 Å². The second-order valence-electron chi connectivity index (χ2n) is 5.22. The highest BCUT2D eigenvalue weighted by Crippen LogP contribution is 2.34. The molecule has 0 bridgehead atoms. The molecule has 0 saturated heterocycles. The predicted molar refractivity (Wildman–Crippen MR) is 88.1 cm³/mol. The standard InChI is InChI=1S/C16H16N2O4S/c1-23(20,21)18-11-15(22-14-10-6-5-9-13(14)18)16(19)17-12-7-3-2-4-8-12/h2-10,15H,11H2,1H3,(H,17,19)/t15-/m1/s1. The van der Waals surface area contributed by atoms with Gasteiger partial charge in [0.25, 0.3) is 5.91 Å². The Balaban J connectivity index is 1.87. The number of hydrogen-bond acceptors (Lipinski definition) is 4. The van der Waals surface area contributed by atoms with Crippen LogP contribution in [0.1, 0.15) is 0 Å². The van der Waals surface area contributed by atoms with Crippen LogP contribution in [-0.4, -0.2) is 33.2 Å². The number of anilines is 2. The molecule has 0 unspecified atom stereocenters. The van der Waals surface area contributed by atoms with Crippen LogP contribution >= 0.6 is 0 Å². The van der Waals surface area contributed by atoms with E-state index in [1.54, 1.807) is 48.5 Å². The van der Waals surface area contributed by atoms with Crippen molar-refractivity contribution in [2.24, 2.45) is 0 Å². The number of benzene rings is 2. The Labute approximate surface area is 134 Å². The molecule has 1 atom stereocenters. The van der Waals surface area contributed by atoms with Crippen molar-refractivity contribution in [2.75, 3.05) is 22.4 Å². The molecule has 1 N–H and O–H groups in total. The lowest BCUT2D eigenvalue weighted by molar-refractivity contribution is -0.122. The molecule has 2 aromatic carbocycles. The molecule has 1 heterocycles. The molecule has 0 spiro atoms. The first-order valence-electron chi connectivity index (χ1n) is 7.04. The molecule has 0 aliphatic carbocycles. The van der Waals surface area contributed by atoms with Gasteiger partial charge in [-0.05, 0) is 24.3 Å². The van der Waals surface area contributed by atoms with Gasteiger partial charge in [-0.1, -0.05) is 30.3 Å². The average Bonchev–Trinajstić information content (AvgIpc) is 2.54. The minimum atomic E-state index is -3.51. The largest absolute Gasteiger partial charge is 0.476 e. The van der Waals surface area contributed by atoms with Crippen LogP contribution in [0, 0.1) is 0 Å². The Kier molecular flexibility index (Phi) is 3.96. The smallest absolute Gasteiger partial charge is 0.267 e. The maximum atomic E-state index is 12.4. The van der Waals surface area contributed by atoms with E-state index in [9.17, 15) is 13.2 Å². The molecule has 0 aromatic heterocycles. The molecule has 0 radical (unpaired) electrons. The van der Waals surface area contributed by atoms with Crippen LogP contribution in [0.15, 0.2) is 54.6 Å². The zero-order valence-electron chi connectivity index (χ0n) is 12.5. The third-order valence-corrected chi connectivity index (χ3v) is 4.62. The third kappa shape index (κ3) is 3.29. The first kappa shape index (κ1) is 15.4. The van der Waals surface area contributed by atoms with E-state index in [0.717, 1.165) is 6.26 Å². The number of amides is 1. The first-order valence-corrected chi connectivity index (χ1v) is 8.89. The van der Waals surface area contributed by atoms with E-state index < -0.39 is 16.1 Å². The summed E-state index contributed by atoms with van der Waals surface area (Å²) in [7, 11) is -3.51. The Morgan fingerprint density at radius 1 is 1.13 bits per heavy atom. The number of carbonyl (C=O) groups excluding carboxylic acids is 1. The fraction of sp³-hybridized carbons (Fsp3) is 0.188. The normalized spacial score (nSPS) is 17.1. The number of nitrogens with one attached hydrogen (secondary N) is 1. The van der Waals surface area contributed by atoms with Crippen molar-refractivity contribution in [3.63, 3.8) is 0 Å². The fourth-order valence-electron chi connectivity index (χ4n) is 2.40. The number of nitrogens with zero attached hydrogens (tertiary/aromatic N) is 1. The van der Waals surface area contributed by atoms with Gasteiger partial charge < -0.3 is 10.1 Å². The summed E-state index contributed by atoms with van der Waals surface area (Å²) >= 11 is 0. The highest BCUT2D eigenvalue weighted by molar-refractivity contribution is 7.92. The van der Waals surface area contributed by atoms with Crippen LogP contribution in [0.25, 0.3) is 0 Å². The van der Waals surface area contributed by atoms with Crippen LogP contribution in [0.4, 0.5) is 11.4 Å². The van der Waals surface area contributed by atoms with E-state index in [0.29, 0.717) is 17.1 Å². The van der Waals surface area contributed by atoms with Gasteiger partial charge in [0.2, 0.25) is 10.0 Å². The molecule has 120 valence electrons. The summed E-state index contributed by atoms with van der Waals surface area (Å²) in [5, 5.41) is 2.73. The number of ether oxygens (including phenoxy) is 1. The summed E-state index contributed by atoms with van der Waals surface area (Å²) in [5.41, 5.74) is 1.07. The number of fused-ring (bicyclic) bond motifs is 1. The quantitative estimate of drug-likeness (QED) is 0.931. The van der Waals surface area contributed by atoms with Crippen molar-refractivity contribution in [1.29, 1.82) is 0 Å². The topological polar surface area (TPSA) is 75.7 Å². The SMILES string of the molecule is CS(=O)(=O)N1C[C@H](C(=O)Nc2ccccc2)Oc2ccccc21. The van der Waals surface area contributed by atoms with Crippen molar-refractivity contribution in [1.82, 2.24) is 0 Å². The second-order valence-corrected chi connectivity index (χ2v) is 7.13. The van der Waals surface area contributed by atoms with Crippen molar-refractivity contribution < 1.29 is 17.9 Å². The van der Waals surface area contributed by atoms with Gasteiger partial charge in [-0.15, -0.1) is 0 Å². The molecule has 3 rings (SSSR count). The number of hydrogen-bond donors (Lipinski definition) is 1. The molecule has 0 saturated carbocycles. The molecule has 2 aromatic rings. The molecular formula is C16H16N2O4S. The van der Waals surface area contributed by atoms with E-state index in [-0.39, 0.29) is 12.5 Å². The zero-order chi connectivity index (χ0) is 16.4. The monoisotopic (exact) mass is 332 g/mol. The Bertz CT molecular complexity index is 821. The molecular weight excluding hydrogens is 316 g/mol. The van der Waals surface area contributed by atoms with Gasteiger partial charge in [-0.25, -0.2) is 8.42 Å². The summed E-state index contributed by atoms with van der Waals surface area (Å²) in [6, 6.07) is 15.7. The third-order valence-electron chi connectivity index (χ3n) is 3.47. The maximum absolute atomic E-state index is 12.4. The summed E-state index contributed by atoms with van der Waals surface area (Å²) in [4.78, 5) is 12.4. The number of sulfonamides is 1. The van der Waals surface area contributed by atoms with Gasteiger partial charge >= 0.3 is 0 Å². The van der Waals surface area contributed by atoms with Crippen LogP contribution in [0.5, 0.6) is 5.75 Å². The molecule has 1 amide bonds. The van der Waals surface area contributed by atoms with E-state index in [2.05, 4.69) is 5.32 Å². The van der Waals surface area contributed by atoms with Gasteiger partial charge in [0.1, 0.15) is 5.75 Å². The number of para-hydroxylation sites is 3. The zero-order valence-corrected chi connectivity index (χ0v) is 13.3. The lowest BCUT2D eigenvalue weighted by Gasteiger charge is -2.33. The minimum Gasteiger partial charge on any atom is -0.476 e. The van der Waals surface area contributed by atoms with E-state index >= 15 is 0 Å². The van der Waals surface area contributed by atoms with Crippen molar-refractivity contribution >= 4 is 27.3 Å². The summed E-state index contributed by atoms with van der Waals surface area (Å²) < 4.78 is 30.9. The fourth-order valence-corrected chi connectivity index (χ4v) is 3.31. The number of carbonyl (C=O) groups is 1. The predicted octanol–water partition coefficient (Wildman–Crippen LogP) is 1.85. The Morgan fingerprint density at radius 2 is 1.78 bits per heavy atom. The summed E-state index contributed by atoms with van der Waals surface area (Å²) in [5.74, 6) is -0.0169. The molecule has 1 aliphatic heterocycles. The molecule has 1 aliphatic rings. The second kappa shape index (κ2) is 5.92. The van der Waals surface area contributed by atoms with Crippen LogP contribution in [0.3, 0.4) is 0 Å². The van der Waals surface area contributed by atoms with E-state index in [4.69, 9.17) is 4.74 Å². The van der Waals surface area contributed by atoms with Crippen LogP contribution in [0.2, 0.25) is 0 Å². The summed E-state index contributed by atoms with van der Waals surface area (Å²) in [6.45, 7) is -0.0610. The molecule has 0 fully saturated rings. The molecule has 23 heavy (non-hydrogen) atoms. The average molecular weight is 332 g/mol. The van der Waals surface area contributed by atoms with Gasteiger partial charge in [0.05, 0.1) is 18.5 Å². The Morgan fingerprint density at radius 3 is 2.48 bits per heavy atom. The maximum Gasteiger partial charge on any atom is 0.267 e. The van der Waals surface area contributed by atoms with Gasteiger partial charge in [0, 0.05) is 5.69 Å². The van der Waals surface area contributed by atoms with E-state index in [1.165, 1.54) is 4.31 Å².